The van der Waals surface area contributed by atoms with Crippen molar-refractivity contribution in [3.05, 3.63) is 68.4 Å². The van der Waals surface area contributed by atoms with Crippen LogP contribution >= 0.6 is 31.9 Å². The Hall–Kier alpha value is -0.740. The normalized spacial score (nSPS) is 9.61. The molecule has 0 aliphatic rings. The van der Waals surface area contributed by atoms with Gasteiger partial charge >= 0.3 is 0 Å². The molecule has 0 heterocycles. The fourth-order valence-corrected chi connectivity index (χ4v) is 2.66. The van der Waals surface area contributed by atoms with Crippen LogP contribution in [0, 0.1) is 12.7 Å². The first kappa shape index (κ1) is 15.3. The summed E-state index contributed by atoms with van der Waals surface area (Å²) in [6.45, 7) is 1.55. The van der Waals surface area contributed by atoms with Gasteiger partial charge < -0.3 is 0 Å². The zero-order valence-corrected chi connectivity index (χ0v) is 12.9. The maximum Gasteiger partial charge on any atom is 0.151 e. The monoisotopic (exact) mass is 376 g/mol. The van der Waals surface area contributed by atoms with Gasteiger partial charge in [0, 0.05) is 0 Å². The Morgan fingerprint density at radius 2 is 1.50 bits per heavy atom. The summed E-state index contributed by atoms with van der Waals surface area (Å²) in [5.41, 5.74) is 1.77. The number of hydrogen-bond acceptors (Lipinski definition) is 0. The second-order valence-electron chi connectivity index (χ2n) is 3.66. The Morgan fingerprint density at radius 3 is 1.89 bits per heavy atom. The SMILES string of the molecule is Cc1cc(Br)c(F)c(Br)c1.FCc1ccccc1. The predicted molar refractivity (Wildman–Crippen MR) is 77.8 cm³/mol. The van der Waals surface area contributed by atoms with Crippen LogP contribution in [0.15, 0.2) is 51.4 Å². The van der Waals surface area contributed by atoms with E-state index in [2.05, 4.69) is 31.9 Å². The minimum Gasteiger partial charge on any atom is -0.246 e. The van der Waals surface area contributed by atoms with Gasteiger partial charge in [0.05, 0.1) is 8.95 Å². The smallest absolute Gasteiger partial charge is 0.151 e. The molecular weight excluding hydrogens is 366 g/mol. The van der Waals surface area contributed by atoms with Crippen LogP contribution in [0.4, 0.5) is 8.78 Å². The summed E-state index contributed by atoms with van der Waals surface area (Å²) in [6, 6.07) is 12.5. The van der Waals surface area contributed by atoms with Crippen molar-refractivity contribution < 1.29 is 8.78 Å². The lowest BCUT2D eigenvalue weighted by Gasteiger charge is -1.98. The maximum absolute atomic E-state index is 12.8. The fraction of sp³-hybridized carbons (Fsp3) is 0.143. The van der Waals surface area contributed by atoms with E-state index in [0.29, 0.717) is 8.95 Å². The molecule has 0 bridgehead atoms. The molecule has 0 fully saturated rings. The molecule has 0 aliphatic carbocycles. The lowest BCUT2D eigenvalue weighted by Crippen LogP contribution is -1.81. The molecule has 18 heavy (non-hydrogen) atoms. The largest absolute Gasteiger partial charge is 0.246 e. The second-order valence-corrected chi connectivity index (χ2v) is 5.37. The molecule has 2 aromatic carbocycles. The number of rotatable bonds is 1. The van der Waals surface area contributed by atoms with E-state index in [4.69, 9.17) is 0 Å². The zero-order chi connectivity index (χ0) is 13.5. The van der Waals surface area contributed by atoms with E-state index in [1.807, 2.05) is 25.1 Å². The summed E-state index contributed by atoms with van der Waals surface area (Å²) < 4.78 is 25.5. The summed E-state index contributed by atoms with van der Waals surface area (Å²) in [6.07, 6.45) is 0. The van der Waals surface area contributed by atoms with E-state index >= 15 is 0 Å². The quantitative estimate of drug-likeness (QED) is 0.549. The van der Waals surface area contributed by atoms with Crippen LogP contribution in [0.2, 0.25) is 0 Å². The van der Waals surface area contributed by atoms with Crippen LogP contribution in [0.5, 0.6) is 0 Å². The average molecular weight is 378 g/mol. The van der Waals surface area contributed by atoms with Gasteiger partial charge in [0.2, 0.25) is 0 Å². The highest BCUT2D eigenvalue weighted by molar-refractivity contribution is 9.11. The third kappa shape index (κ3) is 4.86. The molecule has 0 saturated carbocycles. The Kier molecular flexibility index (Phi) is 6.50. The first-order chi connectivity index (χ1) is 8.54. The molecule has 0 aliphatic heterocycles. The van der Waals surface area contributed by atoms with Gasteiger partial charge in [-0.15, -0.1) is 0 Å². The van der Waals surface area contributed by atoms with Crippen molar-refractivity contribution in [2.75, 3.05) is 0 Å². The number of benzene rings is 2. The number of aryl methyl sites for hydroxylation is 1. The van der Waals surface area contributed by atoms with Crippen molar-refractivity contribution in [3.63, 3.8) is 0 Å². The van der Waals surface area contributed by atoms with Crippen molar-refractivity contribution >= 4 is 31.9 Å². The Bertz CT molecular complexity index is 475. The third-order valence-corrected chi connectivity index (χ3v) is 3.28. The van der Waals surface area contributed by atoms with Gasteiger partial charge in [0.15, 0.2) is 5.82 Å². The molecule has 0 spiro atoms. The summed E-state index contributed by atoms with van der Waals surface area (Å²) in [4.78, 5) is 0. The minimum absolute atomic E-state index is 0.245. The van der Waals surface area contributed by atoms with Crippen LogP contribution in [0.1, 0.15) is 11.1 Å². The van der Waals surface area contributed by atoms with Gasteiger partial charge in [-0.25, -0.2) is 8.78 Å². The molecule has 0 saturated heterocycles. The van der Waals surface area contributed by atoms with Gasteiger partial charge in [-0.05, 0) is 62.0 Å². The number of halogens is 4. The lowest BCUT2D eigenvalue weighted by molar-refractivity contribution is 0.485. The molecule has 0 unspecified atom stereocenters. The predicted octanol–water partition coefficient (Wildman–Crippen LogP) is 5.82. The Balaban J connectivity index is 0.000000184. The van der Waals surface area contributed by atoms with E-state index < -0.39 is 0 Å². The van der Waals surface area contributed by atoms with Crippen molar-refractivity contribution in [1.29, 1.82) is 0 Å². The highest BCUT2D eigenvalue weighted by Crippen LogP contribution is 2.24. The number of hydrogen-bond donors (Lipinski definition) is 0. The van der Waals surface area contributed by atoms with E-state index in [-0.39, 0.29) is 12.5 Å². The summed E-state index contributed by atoms with van der Waals surface area (Å²) in [5.74, 6) is -0.245. The molecule has 2 rings (SSSR count). The molecule has 4 heteroatoms. The molecule has 96 valence electrons. The first-order valence-corrected chi connectivity index (χ1v) is 6.84. The minimum atomic E-state index is -0.360. The third-order valence-electron chi connectivity index (χ3n) is 2.13. The standard InChI is InChI=1S/C7H5Br2F.C7H7F/c1-4-2-5(8)7(10)6(9)3-4;8-6-7-4-2-1-3-5-7/h2-3H,1H3;1-5H,6H2. The average Bonchev–Trinajstić information content (AvgIpc) is 2.37. The molecule has 0 atom stereocenters. The molecule has 2 aromatic rings. The summed E-state index contributed by atoms with van der Waals surface area (Å²) >= 11 is 6.18. The van der Waals surface area contributed by atoms with E-state index in [1.54, 1.807) is 24.3 Å². The number of alkyl halides is 1. The zero-order valence-electron chi connectivity index (χ0n) is 9.76. The van der Waals surface area contributed by atoms with Crippen molar-refractivity contribution in [2.45, 2.75) is 13.6 Å². The lowest BCUT2D eigenvalue weighted by atomic mass is 10.2. The van der Waals surface area contributed by atoms with E-state index in [0.717, 1.165) is 11.1 Å². The second kappa shape index (κ2) is 7.64. The van der Waals surface area contributed by atoms with E-state index in [1.165, 1.54) is 0 Å². The van der Waals surface area contributed by atoms with Crippen LogP contribution in [0.3, 0.4) is 0 Å². The molecule has 0 aromatic heterocycles. The topological polar surface area (TPSA) is 0 Å². The summed E-state index contributed by atoms with van der Waals surface area (Å²) in [7, 11) is 0. The summed E-state index contributed by atoms with van der Waals surface area (Å²) in [5, 5.41) is 0. The molecule has 0 radical (unpaired) electrons. The van der Waals surface area contributed by atoms with Gasteiger partial charge in [0.1, 0.15) is 6.67 Å². The maximum atomic E-state index is 12.8. The highest BCUT2D eigenvalue weighted by atomic mass is 79.9. The molecule has 0 N–H and O–H groups in total. The van der Waals surface area contributed by atoms with Crippen LogP contribution < -0.4 is 0 Å². The Labute approximate surface area is 122 Å². The molecular formula is C14H12Br2F2. The highest BCUT2D eigenvalue weighted by Gasteiger charge is 2.03. The van der Waals surface area contributed by atoms with Crippen molar-refractivity contribution in [1.82, 2.24) is 0 Å². The van der Waals surface area contributed by atoms with Crippen LogP contribution in [0.25, 0.3) is 0 Å². The van der Waals surface area contributed by atoms with E-state index in [9.17, 15) is 8.78 Å². The van der Waals surface area contributed by atoms with Gasteiger partial charge in [0.25, 0.3) is 0 Å². The van der Waals surface area contributed by atoms with Crippen LogP contribution in [-0.2, 0) is 6.67 Å². The van der Waals surface area contributed by atoms with Crippen molar-refractivity contribution in [3.8, 4) is 0 Å². The van der Waals surface area contributed by atoms with Gasteiger partial charge in [-0.2, -0.15) is 0 Å². The first-order valence-electron chi connectivity index (χ1n) is 5.25. The van der Waals surface area contributed by atoms with Gasteiger partial charge in [-0.1, -0.05) is 30.3 Å². The molecule has 0 amide bonds. The molecule has 0 nitrogen and oxygen atoms in total. The fourth-order valence-electron chi connectivity index (χ4n) is 1.25. The van der Waals surface area contributed by atoms with Crippen molar-refractivity contribution in [2.24, 2.45) is 0 Å². The van der Waals surface area contributed by atoms with Crippen LogP contribution in [-0.4, -0.2) is 0 Å². The van der Waals surface area contributed by atoms with Gasteiger partial charge in [-0.3, -0.25) is 0 Å². The Morgan fingerprint density at radius 1 is 1.00 bits per heavy atom.